The van der Waals surface area contributed by atoms with Crippen LogP contribution in [0.25, 0.3) is 21.8 Å². The van der Waals surface area contributed by atoms with Gasteiger partial charge < -0.3 is 10.1 Å². The number of aryl methyl sites for hydroxylation is 1. The molecule has 146 valence electrons. The van der Waals surface area contributed by atoms with E-state index in [-0.39, 0.29) is 5.91 Å². The van der Waals surface area contributed by atoms with Crippen molar-refractivity contribution in [3.8, 4) is 27.6 Å². The van der Waals surface area contributed by atoms with Gasteiger partial charge in [0.2, 0.25) is 0 Å². The van der Waals surface area contributed by atoms with E-state index in [1.54, 1.807) is 36.9 Å². The third-order valence-electron chi connectivity index (χ3n) is 4.40. The van der Waals surface area contributed by atoms with Crippen LogP contribution in [0, 0.1) is 6.92 Å². The van der Waals surface area contributed by atoms with Crippen molar-refractivity contribution in [3.63, 3.8) is 0 Å². The van der Waals surface area contributed by atoms with Gasteiger partial charge in [0.25, 0.3) is 5.91 Å². The number of methoxy groups -OCH3 is 1. The van der Waals surface area contributed by atoms with Gasteiger partial charge in [0.05, 0.1) is 25.0 Å². The van der Waals surface area contributed by atoms with Crippen molar-refractivity contribution in [2.45, 2.75) is 13.5 Å². The van der Waals surface area contributed by atoms with E-state index in [1.165, 1.54) is 0 Å². The van der Waals surface area contributed by atoms with Crippen molar-refractivity contribution in [1.29, 1.82) is 0 Å². The smallest absolute Gasteiger partial charge is 0.269 e. The minimum absolute atomic E-state index is 0.220. The first-order valence-electron chi connectivity index (χ1n) is 8.99. The molecule has 0 aliphatic carbocycles. The summed E-state index contributed by atoms with van der Waals surface area (Å²) in [5.41, 5.74) is 3.82. The molecule has 8 heteroatoms. The monoisotopic (exact) mass is 405 g/mol. The first kappa shape index (κ1) is 18.8. The zero-order chi connectivity index (χ0) is 20.2. The number of amides is 1. The van der Waals surface area contributed by atoms with Gasteiger partial charge in [-0.15, -0.1) is 11.3 Å². The molecule has 0 aliphatic heterocycles. The van der Waals surface area contributed by atoms with Crippen molar-refractivity contribution < 1.29 is 9.53 Å². The Kier molecular flexibility index (Phi) is 5.35. The Morgan fingerprint density at radius 2 is 2.07 bits per heavy atom. The van der Waals surface area contributed by atoms with Crippen molar-refractivity contribution in [3.05, 3.63) is 71.1 Å². The number of nitrogens with one attached hydrogen (secondary N) is 2. The van der Waals surface area contributed by atoms with Gasteiger partial charge >= 0.3 is 0 Å². The highest BCUT2D eigenvalue weighted by Gasteiger charge is 2.14. The van der Waals surface area contributed by atoms with E-state index in [4.69, 9.17) is 4.74 Å². The zero-order valence-corrected chi connectivity index (χ0v) is 16.8. The van der Waals surface area contributed by atoms with Crippen LogP contribution in [0.1, 0.15) is 21.1 Å². The summed E-state index contributed by atoms with van der Waals surface area (Å²) in [4.78, 5) is 22.3. The molecule has 3 heterocycles. The van der Waals surface area contributed by atoms with E-state index in [0.717, 1.165) is 32.5 Å². The molecule has 29 heavy (non-hydrogen) atoms. The summed E-state index contributed by atoms with van der Waals surface area (Å²) in [6.45, 7) is 2.34. The predicted octanol–water partition coefficient (Wildman–Crippen LogP) is 3.84. The van der Waals surface area contributed by atoms with Gasteiger partial charge in [0.1, 0.15) is 16.5 Å². The minimum atomic E-state index is -0.220. The van der Waals surface area contributed by atoms with E-state index in [9.17, 15) is 4.79 Å². The normalized spacial score (nSPS) is 10.7. The molecule has 0 radical (unpaired) electrons. The quantitative estimate of drug-likeness (QED) is 0.508. The van der Waals surface area contributed by atoms with Gasteiger partial charge in [0.15, 0.2) is 0 Å². The molecule has 0 saturated heterocycles. The molecule has 0 unspecified atom stereocenters. The zero-order valence-electron chi connectivity index (χ0n) is 16.0. The second-order valence-corrected chi connectivity index (χ2v) is 7.43. The highest BCUT2D eigenvalue weighted by molar-refractivity contribution is 7.15. The highest BCUT2D eigenvalue weighted by Crippen LogP contribution is 2.27. The number of thiazole rings is 1. The third kappa shape index (κ3) is 4.17. The van der Waals surface area contributed by atoms with Crippen LogP contribution in [-0.2, 0) is 6.54 Å². The number of carbonyl (C=O) groups is 1. The molecule has 0 atom stereocenters. The third-order valence-corrected chi connectivity index (χ3v) is 5.61. The average molecular weight is 405 g/mol. The van der Waals surface area contributed by atoms with Crippen molar-refractivity contribution in [2.24, 2.45) is 0 Å². The number of carbonyl (C=O) groups excluding carboxylic acids is 1. The lowest BCUT2D eigenvalue weighted by Crippen LogP contribution is -2.23. The van der Waals surface area contributed by atoms with Crippen LogP contribution < -0.4 is 10.1 Å². The van der Waals surface area contributed by atoms with Gasteiger partial charge in [-0.25, -0.2) is 4.98 Å². The summed E-state index contributed by atoms with van der Waals surface area (Å²) in [5.74, 6) is 0.518. The molecule has 0 aliphatic rings. The Balaban J connectivity index is 1.44. The molecular formula is C21H19N5O2S. The topological polar surface area (TPSA) is 92.8 Å². The first-order chi connectivity index (χ1) is 14.1. The highest BCUT2D eigenvalue weighted by atomic mass is 32.1. The predicted molar refractivity (Wildman–Crippen MR) is 112 cm³/mol. The van der Waals surface area contributed by atoms with E-state index in [0.29, 0.717) is 17.9 Å². The molecular weight excluding hydrogens is 386 g/mol. The Hall–Kier alpha value is -3.52. The largest absolute Gasteiger partial charge is 0.497 e. The van der Waals surface area contributed by atoms with Crippen molar-refractivity contribution >= 4 is 17.2 Å². The van der Waals surface area contributed by atoms with Crippen LogP contribution in [0.3, 0.4) is 0 Å². The van der Waals surface area contributed by atoms with Crippen LogP contribution in [0.2, 0.25) is 0 Å². The van der Waals surface area contributed by atoms with Crippen LogP contribution >= 0.6 is 11.3 Å². The van der Waals surface area contributed by atoms with Crippen molar-refractivity contribution in [1.82, 2.24) is 25.5 Å². The molecule has 2 N–H and O–H groups in total. The number of H-pyrrole nitrogens is 1. The number of pyridine rings is 1. The number of hydrogen-bond donors (Lipinski definition) is 2. The second kappa shape index (κ2) is 8.24. The van der Waals surface area contributed by atoms with E-state index >= 15 is 0 Å². The number of hydrogen-bond acceptors (Lipinski definition) is 6. The van der Waals surface area contributed by atoms with Crippen molar-refractivity contribution in [2.75, 3.05) is 7.11 Å². The molecule has 0 fully saturated rings. The summed E-state index contributed by atoms with van der Waals surface area (Å²) in [5, 5.41) is 10.9. The van der Waals surface area contributed by atoms with Gasteiger partial charge in [0, 0.05) is 28.4 Å². The molecule has 1 aromatic carbocycles. The van der Waals surface area contributed by atoms with Crippen LogP contribution in [-0.4, -0.2) is 33.2 Å². The van der Waals surface area contributed by atoms with Gasteiger partial charge in [-0.2, -0.15) is 5.10 Å². The minimum Gasteiger partial charge on any atom is -0.497 e. The van der Waals surface area contributed by atoms with Gasteiger partial charge in [-0.3, -0.25) is 14.9 Å². The number of nitrogens with zero attached hydrogens (tertiary/aromatic N) is 3. The molecule has 1 amide bonds. The molecule has 0 saturated carbocycles. The van der Waals surface area contributed by atoms with Crippen LogP contribution in [0.15, 0.2) is 54.9 Å². The first-order valence-corrected chi connectivity index (χ1v) is 9.80. The number of ether oxygens (including phenoxy) is 1. The number of aromatic amines is 1. The lowest BCUT2D eigenvalue weighted by Gasteiger charge is -2.02. The number of benzene rings is 1. The summed E-state index contributed by atoms with van der Waals surface area (Å²) in [7, 11) is 1.61. The average Bonchev–Trinajstić information content (AvgIpc) is 3.40. The maximum Gasteiger partial charge on any atom is 0.269 e. The van der Waals surface area contributed by atoms with Gasteiger partial charge in [-0.1, -0.05) is 12.1 Å². The standard InChI is InChI=1S/C21H19N5O2S/c1-13-19(29-21(24-13)15-6-4-8-22-11-15)12-23-20(27)18-10-17(25-26-18)14-5-3-7-16(9-14)28-2/h3-11H,12H2,1-2H3,(H,23,27)(H,25,26). The molecule has 4 aromatic rings. The fourth-order valence-electron chi connectivity index (χ4n) is 2.83. The molecule has 4 rings (SSSR count). The van der Waals surface area contributed by atoms with E-state index in [2.05, 4.69) is 25.5 Å². The fraction of sp³-hybridized carbons (Fsp3) is 0.143. The Morgan fingerprint density at radius 3 is 2.86 bits per heavy atom. The van der Waals surface area contributed by atoms with E-state index in [1.807, 2.05) is 43.3 Å². The second-order valence-electron chi connectivity index (χ2n) is 6.35. The lowest BCUT2D eigenvalue weighted by atomic mass is 10.1. The maximum atomic E-state index is 12.5. The van der Waals surface area contributed by atoms with Crippen LogP contribution in [0.5, 0.6) is 5.75 Å². The number of aromatic nitrogens is 4. The Bertz CT molecular complexity index is 1140. The summed E-state index contributed by atoms with van der Waals surface area (Å²) in [6.07, 6.45) is 3.51. The summed E-state index contributed by atoms with van der Waals surface area (Å²) >= 11 is 1.55. The van der Waals surface area contributed by atoms with Gasteiger partial charge in [-0.05, 0) is 37.3 Å². The number of rotatable bonds is 6. The van der Waals surface area contributed by atoms with E-state index < -0.39 is 0 Å². The molecule has 3 aromatic heterocycles. The molecule has 0 spiro atoms. The summed E-state index contributed by atoms with van der Waals surface area (Å²) < 4.78 is 5.24. The van der Waals surface area contributed by atoms with Crippen LogP contribution in [0.4, 0.5) is 0 Å². The molecule has 0 bridgehead atoms. The fourth-order valence-corrected chi connectivity index (χ4v) is 3.82. The SMILES string of the molecule is COc1cccc(-c2cc(C(=O)NCc3sc(-c4cccnc4)nc3C)[nH]n2)c1. The maximum absolute atomic E-state index is 12.5. The summed E-state index contributed by atoms with van der Waals surface area (Å²) in [6, 6.07) is 13.1. The lowest BCUT2D eigenvalue weighted by molar-refractivity contribution is 0.0946. The molecule has 7 nitrogen and oxygen atoms in total. The Morgan fingerprint density at radius 1 is 1.21 bits per heavy atom. The Labute approximate surface area is 171 Å².